The lowest BCUT2D eigenvalue weighted by Gasteiger charge is -2.22. The Bertz CT molecular complexity index is 817. The Kier molecular flexibility index (Phi) is 5.19. The summed E-state index contributed by atoms with van der Waals surface area (Å²) in [7, 11) is -0.884. The Balaban J connectivity index is 1.75. The maximum absolute atomic E-state index is 11.7. The summed E-state index contributed by atoms with van der Waals surface area (Å²) in [5.41, 5.74) is 0. The molecule has 0 bridgehead atoms. The van der Waals surface area contributed by atoms with E-state index < -0.39 is 9.84 Å². The molecule has 1 fully saturated rings. The van der Waals surface area contributed by atoms with E-state index in [9.17, 15) is 8.42 Å². The van der Waals surface area contributed by atoms with Crippen LogP contribution in [0.15, 0.2) is 24.4 Å². The second kappa shape index (κ2) is 7.21. The molecule has 0 spiro atoms. The van der Waals surface area contributed by atoms with Crippen molar-refractivity contribution in [3.63, 3.8) is 0 Å². The van der Waals surface area contributed by atoms with Crippen molar-refractivity contribution in [2.75, 3.05) is 25.1 Å². The zero-order valence-electron chi connectivity index (χ0n) is 15.0. The average Bonchev–Trinajstić information content (AvgIpc) is 3.17. The molecule has 1 atom stereocenters. The molecule has 2 aromatic heterocycles. The second-order valence-corrected chi connectivity index (χ2v) is 9.16. The van der Waals surface area contributed by atoms with E-state index in [0.717, 1.165) is 24.0 Å². The largest absolute Gasteiger partial charge is 0.302 e. The predicted octanol–water partition coefficient (Wildman–Crippen LogP) is 1.45. The molecule has 1 saturated heterocycles. The van der Waals surface area contributed by atoms with Crippen LogP contribution >= 0.6 is 0 Å². The van der Waals surface area contributed by atoms with Crippen LogP contribution in [0.4, 0.5) is 0 Å². The molecule has 8 heteroatoms. The Morgan fingerprint density at radius 2 is 2.16 bits per heavy atom. The third kappa shape index (κ3) is 4.24. The molecule has 1 aliphatic rings. The number of aromatic nitrogens is 4. The number of hydrogen-bond donors (Lipinski definition) is 0. The van der Waals surface area contributed by atoms with E-state index in [2.05, 4.69) is 33.8 Å². The molecule has 0 aliphatic carbocycles. The van der Waals surface area contributed by atoms with E-state index in [1.807, 2.05) is 25.2 Å². The maximum atomic E-state index is 11.7. The first kappa shape index (κ1) is 18.0. The molecule has 0 radical (unpaired) electrons. The summed E-state index contributed by atoms with van der Waals surface area (Å²) >= 11 is 0. The fourth-order valence-corrected chi connectivity index (χ4v) is 4.82. The third-order valence-electron chi connectivity index (χ3n) is 4.59. The second-order valence-electron chi connectivity index (χ2n) is 6.93. The number of hydrogen-bond acceptors (Lipinski definition) is 6. The Labute approximate surface area is 149 Å². The van der Waals surface area contributed by atoms with E-state index >= 15 is 0 Å². The van der Waals surface area contributed by atoms with Crippen LogP contribution in [0.2, 0.25) is 0 Å². The van der Waals surface area contributed by atoms with Crippen LogP contribution in [0.3, 0.4) is 0 Å². The first-order chi connectivity index (χ1) is 11.9. The highest BCUT2D eigenvalue weighted by atomic mass is 32.2. The van der Waals surface area contributed by atoms with Gasteiger partial charge in [-0.25, -0.2) is 18.4 Å². The van der Waals surface area contributed by atoms with Gasteiger partial charge in [-0.2, -0.15) is 4.68 Å². The van der Waals surface area contributed by atoms with Crippen molar-refractivity contribution in [2.24, 2.45) is 0 Å². The van der Waals surface area contributed by atoms with Gasteiger partial charge < -0.3 is 4.90 Å². The normalized spacial score (nSPS) is 19.8. The summed E-state index contributed by atoms with van der Waals surface area (Å²) in [4.78, 5) is 11.2. The summed E-state index contributed by atoms with van der Waals surface area (Å²) in [6, 6.07) is 5.81. The monoisotopic (exact) mass is 363 g/mol. The quantitative estimate of drug-likeness (QED) is 0.773. The number of rotatable bonds is 6. The zero-order valence-corrected chi connectivity index (χ0v) is 15.8. The minimum absolute atomic E-state index is 0.0980. The SMILES string of the molecule is CC(C)c1nc(CCN(C)C2CCS(=O)(=O)C2)n(-c2ccccn2)n1. The van der Waals surface area contributed by atoms with Gasteiger partial charge in [-0.15, -0.1) is 5.10 Å². The van der Waals surface area contributed by atoms with Crippen molar-refractivity contribution in [1.82, 2.24) is 24.6 Å². The number of nitrogens with zero attached hydrogens (tertiary/aromatic N) is 5. The summed E-state index contributed by atoms with van der Waals surface area (Å²) in [5.74, 6) is 3.20. The van der Waals surface area contributed by atoms with Crippen LogP contribution in [0.5, 0.6) is 0 Å². The molecule has 0 saturated carbocycles. The van der Waals surface area contributed by atoms with Crippen LogP contribution in [0.25, 0.3) is 5.82 Å². The maximum Gasteiger partial charge on any atom is 0.155 e. The van der Waals surface area contributed by atoms with Gasteiger partial charge in [0.1, 0.15) is 5.82 Å². The minimum Gasteiger partial charge on any atom is -0.302 e. The molecule has 3 heterocycles. The lowest BCUT2D eigenvalue weighted by Crippen LogP contribution is -2.34. The van der Waals surface area contributed by atoms with Crippen LogP contribution in [0.1, 0.15) is 37.8 Å². The molecule has 25 heavy (non-hydrogen) atoms. The summed E-state index contributed by atoms with van der Waals surface area (Å²) in [6.07, 6.45) is 3.15. The van der Waals surface area contributed by atoms with Crippen LogP contribution < -0.4 is 0 Å². The van der Waals surface area contributed by atoms with Gasteiger partial charge in [0.2, 0.25) is 0 Å². The van der Waals surface area contributed by atoms with E-state index in [1.54, 1.807) is 10.9 Å². The zero-order chi connectivity index (χ0) is 18.0. The molecule has 1 unspecified atom stereocenters. The molecule has 1 aliphatic heterocycles. The van der Waals surface area contributed by atoms with Gasteiger partial charge in [-0.3, -0.25) is 0 Å². The fraction of sp³-hybridized carbons (Fsp3) is 0.588. The topological polar surface area (TPSA) is 81.0 Å². The highest BCUT2D eigenvalue weighted by Crippen LogP contribution is 2.18. The average molecular weight is 363 g/mol. The van der Waals surface area contributed by atoms with E-state index in [4.69, 9.17) is 0 Å². The van der Waals surface area contributed by atoms with E-state index in [0.29, 0.717) is 18.6 Å². The van der Waals surface area contributed by atoms with Crippen LogP contribution in [-0.4, -0.2) is 64.2 Å². The Hall–Kier alpha value is -1.80. The lowest BCUT2D eigenvalue weighted by molar-refractivity contribution is 0.263. The molecule has 0 amide bonds. The van der Waals surface area contributed by atoms with Crippen LogP contribution in [0, 0.1) is 0 Å². The molecule has 0 N–H and O–H groups in total. The Morgan fingerprint density at radius 3 is 2.76 bits per heavy atom. The van der Waals surface area contributed by atoms with Gasteiger partial charge in [-0.1, -0.05) is 19.9 Å². The van der Waals surface area contributed by atoms with Gasteiger partial charge in [0.25, 0.3) is 0 Å². The third-order valence-corrected chi connectivity index (χ3v) is 6.34. The molecular weight excluding hydrogens is 338 g/mol. The molecule has 3 rings (SSSR count). The van der Waals surface area contributed by atoms with Crippen molar-refractivity contribution in [1.29, 1.82) is 0 Å². The predicted molar refractivity (Wildman–Crippen MR) is 96.6 cm³/mol. The molecule has 2 aromatic rings. The highest BCUT2D eigenvalue weighted by Gasteiger charge is 2.30. The fourth-order valence-electron chi connectivity index (χ4n) is 3.01. The van der Waals surface area contributed by atoms with E-state index in [-0.39, 0.29) is 17.7 Å². The smallest absolute Gasteiger partial charge is 0.155 e. The lowest BCUT2D eigenvalue weighted by atomic mass is 10.2. The van der Waals surface area contributed by atoms with Crippen molar-refractivity contribution >= 4 is 9.84 Å². The van der Waals surface area contributed by atoms with Gasteiger partial charge in [0, 0.05) is 31.1 Å². The molecular formula is C17H25N5O2S. The summed E-state index contributed by atoms with van der Waals surface area (Å²) < 4.78 is 25.2. The molecule has 7 nitrogen and oxygen atoms in total. The van der Waals surface area contributed by atoms with Crippen molar-refractivity contribution in [2.45, 2.75) is 38.6 Å². The standard InChI is InChI=1S/C17H25N5O2S/c1-13(2)17-19-16(22(20-17)15-6-4-5-9-18-15)7-10-21(3)14-8-11-25(23,24)12-14/h4-6,9,13-14H,7-8,10-12H2,1-3H3. The summed E-state index contributed by atoms with van der Waals surface area (Å²) in [6.45, 7) is 4.87. The van der Waals surface area contributed by atoms with Crippen LogP contribution in [-0.2, 0) is 16.3 Å². The van der Waals surface area contributed by atoms with Crippen molar-refractivity contribution in [3.8, 4) is 5.82 Å². The first-order valence-electron chi connectivity index (χ1n) is 8.63. The van der Waals surface area contributed by atoms with Gasteiger partial charge in [0.05, 0.1) is 11.5 Å². The minimum atomic E-state index is -2.87. The van der Waals surface area contributed by atoms with Gasteiger partial charge in [-0.05, 0) is 25.6 Å². The first-order valence-corrected chi connectivity index (χ1v) is 10.5. The van der Waals surface area contributed by atoms with Gasteiger partial charge >= 0.3 is 0 Å². The van der Waals surface area contributed by atoms with E-state index in [1.165, 1.54) is 0 Å². The van der Waals surface area contributed by atoms with Crippen molar-refractivity contribution < 1.29 is 8.42 Å². The number of likely N-dealkylation sites (N-methyl/N-ethyl adjacent to an activating group) is 1. The van der Waals surface area contributed by atoms with Gasteiger partial charge in [0.15, 0.2) is 21.5 Å². The Morgan fingerprint density at radius 1 is 1.36 bits per heavy atom. The molecule has 136 valence electrons. The summed E-state index contributed by atoms with van der Waals surface area (Å²) in [5, 5.41) is 4.61. The van der Waals surface area contributed by atoms with Crippen molar-refractivity contribution in [3.05, 3.63) is 36.0 Å². The number of sulfone groups is 1. The molecule has 0 aromatic carbocycles. The highest BCUT2D eigenvalue weighted by molar-refractivity contribution is 7.91. The number of pyridine rings is 1.